The molecule has 0 aromatic heterocycles. The molecule has 0 aliphatic carbocycles. The van der Waals surface area contributed by atoms with Crippen molar-refractivity contribution in [2.75, 3.05) is 23.3 Å². The van der Waals surface area contributed by atoms with Crippen LogP contribution in [0.3, 0.4) is 0 Å². The number of nitro benzene ring substituents is 1. The van der Waals surface area contributed by atoms with Gasteiger partial charge in [0.15, 0.2) is 0 Å². The number of carbonyl (C=O) groups is 1. The van der Waals surface area contributed by atoms with Crippen molar-refractivity contribution in [3.8, 4) is 0 Å². The van der Waals surface area contributed by atoms with Crippen molar-refractivity contribution < 1.29 is 14.1 Å². The highest BCUT2D eigenvalue weighted by Crippen LogP contribution is 2.29. The van der Waals surface area contributed by atoms with Crippen molar-refractivity contribution in [2.45, 2.75) is 12.8 Å². The van der Waals surface area contributed by atoms with Crippen LogP contribution in [0.5, 0.6) is 0 Å². The van der Waals surface area contributed by atoms with Gasteiger partial charge in [-0.2, -0.15) is 0 Å². The highest BCUT2D eigenvalue weighted by atomic mass is 19.1. The number of rotatable bonds is 4. The first-order chi connectivity index (χ1) is 11.5. The molecule has 1 amide bonds. The van der Waals surface area contributed by atoms with Crippen LogP contribution in [0, 0.1) is 15.9 Å². The van der Waals surface area contributed by atoms with Crippen molar-refractivity contribution in [1.82, 2.24) is 0 Å². The average Bonchev–Trinajstić information content (AvgIpc) is 3.10. The summed E-state index contributed by atoms with van der Waals surface area (Å²) in [5.41, 5.74) is 1.22. The number of non-ortho nitro benzene ring substituents is 1. The maximum atomic E-state index is 13.0. The summed E-state index contributed by atoms with van der Waals surface area (Å²) >= 11 is 0. The van der Waals surface area contributed by atoms with E-state index in [1.54, 1.807) is 6.07 Å². The Morgan fingerprint density at radius 1 is 1.12 bits per heavy atom. The number of hydrogen-bond donors (Lipinski definition) is 1. The first-order valence-corrected chi connectivity index (χ1v) is 7.65. The maximum Gasteiger partial charge on any atom is 0.270 e. The Morgan fingerprint density at radius 2 is 1.79 bits per heavy atom. The molecule has 0 saturated carbocycles. The molecule has 0 atom stereocenters. The van der Waals surface area contributed by atoms with Crippen LogP contribution in [0.2, 0.25) is 0 Å². The van der Waals surface area contributed by atoms with E-state index in [0.717, 1.165) is 25.9 Å². The third-order valence-corrected chi connectivity index (χ3v) is 3.98. The van der Waals surface area contributed by atoms with Crippen LogP contribution in [0.4, 0.5) is 21.5 Å². The van der Waals surface area contributed by atoms with Gasteiger partial charge in [-0.1, -0.05) is 0 Å². The SMILES string of the molecule is O=C(Nc1ccc(F)cc1)c1cc([N+](=O)[O-])ccc1N1CCCC1. The van der Waals surface area contributed by atoms with Gasteiger partial charge in [0.1, 0.15) is 5.82 Å². The number of halogens is 1. The van der Waals surface area contributed by atoms with E-state index in [-0.39, 0.29) is 11.3 Å². The second kappa shape index (κ2) is 6.66. The average molecular weight is 329 g/mol. The van der Waals surface area contributed by atoms with Crippen molar-refractivity contribution in [2.24, 2.45) is 0 Å². The lowest BCUT2D eigenvalue weighted by Gasteiger charge is -2.20. The topological polar surface area (TPSA) is 75.5 Å². The zero-order valence-electron chi connectivity index (χ0n) is 12.9. The molecule has 6 nitrogen and oxygen atoms in total. The molecule has 1 heterocycles. The van der Waals surface area contributed by atoms with Crippen LogP contribution in [0.15, 0.2) is 42.5 Å². The zero-order valence-corrected chi connectivity index (χ0v) is 12.9. The Morgan fingerprint density at radius 3 is 2.42 bits per heavy atom. The van der Waals surface area contributed by atoms with E-state index >= 15 is 0 Å². The molecule has 0 unspecified atom stereocenters. The van der Waals surface area contributed by atoms with E-state index in [4.69, 9.17) is 0 Å². The summed E-state index contributed by atoms with van der Waals surface area (Å²) in [5, 5.41) is 13.7. The minimum atomic E-state index is -0.525. The summed E-state index contributed by atoms with van der Waals surface area (Å²) in [7, 11) is 0. The molecule has 0 spiro atoms. The van der Waals surface area contributed by atoms with Crippen LogP contribution in [-0.2, 0) is 0 Å². The van der Waals surface area contributed by atoms with E-state index in [0.29, 0.717) is 11.4 Å². The molecule has 0 radical (unpaired) electrons. The van der Waals surface area contributed by atoms with Crippen LogP contribution in [-0.4, -0.2) is 23.9 Å². The van der Waals surface area contributed by atoms with E-state index < -0.39 is 16.6 Å². The van der Waals surface area contributed by atoms with Crippen molar-refractivity contribution in [3.63, 3.8) is 0 Å². The van der Waals surface area contributed by atoms with E-state index in [1.165, 1.54) is 36.4 Å². The molecule has 0 bridgehead atoms. The molecule has 24 heavy (non-hydrogen) atoms. The third kappa shape index (κ3) is 3.34. The highest BCUT2D eigenvalue weighted by Gasteiger charge is 2.22. The van der Waals surface area contributed by atoms with Crippen molar-refractivity contribution in [3.05, 3.63) is 64.0 Å². The quantitative estimate of drug-likeness (QED) is 0.687. The summed E-state index contributed by atoms with van der Waals surface area (Å²) in [4.78, 5) is 25.1. The molecule has 124 valence electrons. The van der Waals surface area contributed by atoms with Gasteiger partial charge in [0.25, 0.3) is 11.6 Å². The molecule has 1 saturated heterocycles. The van der Waals surface area contributed by atoms with Crippen LogP contribution in [0.1, 0.15) is 23.2 Å². The highest BCUT2D eigenvalue weighted by molar-refractivity contribution is 6.08. The van der Waals surface area contributed by atoms with Gasteiger partial charge in [0.2, 0.25) is 0 Å². The fourth-order valence-corrected chi connectivity index (χ4v) is 2.78. The van der Waals surface area contributed by atoms with Crippen molar-refractivity contribution in [1.29, 1.82) is 0 Å². The van der Waals surface area contributed by atoms with Gasteiger partial charge in [-0.05, 0) is 43.2 Å². The largest absolute Gasteiger partial charge is 0.371 e. The lowest BCUT2D eigenvalue weighted by Crippen LogP contribution is -2.23. The molecule has 2 aromatic rings. The van der Waals surface area contributed by atoms with Gasteiger partial charge in [-0.25, -0.2) is 4.39 Å². The molecule has 2 aromatic carbocycles. The van der Waals surface area contributed by atoms with E-state index in [2.05, 4.69) is 5.32 Å². The van der Waals surface area contributed by atoms with Crippen LogP contribution < -0.4 is 10.2 Å². The van der Waals surface area contributed by atoms with Gasteiger partial charge < -0.3 is 10.2 Å². The first kappa shape index (κ1) is 15.9. The zero-order chi connectivity index (χ0) is 17.1. The predicted octanol–water partition coefficient (Wildman–Crippen LogP) is 3.59. The molecule has 1 aliphatic heterocycles. The number of nitrogens with zero attached hydrogens (tertiary/aromatic N) is 2. The standard InChI is InChI=1S/C17H16FN3O3/c18-12-3-5-13(6-4-12)19-17(22)15-11-14(21(23)24)7-8-16(15)20-9-1-2-10-20/h3-8,11H,1-2,9-10H2,(H,19,22). The second-order valence-corrected chi connectivity index (χ2v) is 5.61. The molecule has 1 fully saturated rings. The molecule has 7 heteroatoms. The summed E-state index contributed by atoms with van der Waals surface area (Å²) in [6.07, 6.45) is 2.05. The van der Waals surface area contributed by atoms with E-state index in [1.807, 2.05) is 4.90 Å². The molecule has 1 N–H and O–H groups in total. The second-order valence-electron chi connectivity index (χ2n) is 5.61. The van der Waals surface area contributed by atoms with Gasteiger partial charge in [-0.3, -0.25) is 14.9 Å². The van der Waals surface area contributed by atoms with E-state index in [9.17, 15) is 19.3 Å². The fourth-order valence-electron chi connectivity index (χ4n) is 2.78. The Labute approximate surface area is 138 Å². The van der Waals surface area contributed by atoms with Crippen LogP contribution in [0.25, 0.3) is 0 Å². The Hall–Kier alpha value is -2.96. The minimum absolute atomic E-state index is 0.137. The van der Waals surface area contributed by atoms with Crippen LogP contribution >= 0.6 is 0 Å². The molecule has 3 rings (SSSR count). The number of amides is 1. The lowest BCUT2D eigenvalue weighted by atomic mass is 10.1. The fraction of sp³-hybridized carbons (Fsp3) is 0.235. The number of hydrogen-bond acceptors (Lipinski definition) is 4. The lowest BCUT2D eigenvalue weighted by molar-refractivity contribution is -0.384. The smallest absolute Gasteiger partial charge is 0.270 e. The summed E-state index contributed by atoms with van der Waals surface area (Å²) in [6, 6.07) is 9.67. The predicted molar refractivity (Wildman–Crippen MR) is 88.9 cm³/mol. The molecular formula is C17H16FN3O3. The summed E-state index contributed by atoms with van der Waals surface area (Å²) in [6.45, 7) is 1.63. The minimum Gasteiger partial charge on any atom is -0.371 e. The van der Waals surface area contributed by atoms with Gasteiger partial charge >= 0.3 is 0 Å². The number of nitro groups is 1. The number of nitrogens with one attached hydrogen (secondary N) is 1. The van der Waals surface area contributed by atoms with Gasteiger partial charge in [0.05, 0.1) is 16.2 Å². The van der Waals surface area contributed by atoms with Gasteiger partial charge in [0, 0.05) is 30.9 Å². The number of carbonyl (C=O) groups excluding carboxylic acids is 1. The third-order valence-electron chi connectivity index (χ3n) is 3.98. The summed E-state index contributed by atoms with van der Waals surface area (Å²) in [5.74, 6) is -0.853. The first-order valence-electron chi connectivity index (χ1n) is 7.65. The maximum absolute atomic E-state index is 13.0. The number of benzene rings is 2. The Bertz CT molecular complexity index is 771. The summed E-state index contributed by atoms with van der Waals surface area (Å²) < 4.78 is 13.0. The van der Waals surface area contributed by atoms with Gasteiger partial charge in [-0.15, -0.1) is 0 Å². The molecular weight excluding hydrogens is 313 g/mol. The molecule has 1 aliphatic rings. The Balaban J connectivity index is 1.93. The Kier molecular flexibility index (Phi) is 4.41. The number of anilines is 2. The normalized spacial score (nSPS) is 13.8. The van der Waals surface area contributed by atoms with Crippen molar-refractivity contribution >= 4 is 23.0 Å². The monoisotopic (exact) mass is 329 g/mol.